The highest BCUT2D eigenvalue weighted by molar-refractivity contribution is 7.14. The van der Waals surface area contributed by atoms with Crippen LogP contribution in [0.5, 0.6) is 11.5 Å². The number of aromatic hydroxyl groups is 2. The SMILES string of the molecule is CC(=O)N(c1nc(COC(=O)c2ccc(O)cc2O)cs1)c1ccc(C)cc1C. The number of hydrogen-bond acceptors (Lipinski definition) is 7. The quantitative estimate of drug-likeness (QED) is 0.609. The van der Waals surface area contributed by atoms with Crippen molar-refractivity contribution in [3.8, 4) is 11.5 Å². The molecule has 0 aliphatic heterocycles. The Morgan fingerprint density at radius 3 is 2.55 bits per heavy atom. The highest BCUT2D eigenvalue weighted by atomic mass is 32.1. The van der Waals surface area contributed by atoms with Gasteiger partial charge in [0, 0.05) is 18.4 Å². The Hall–Kier alpha value is -3.39. The van der Waals surface area contributed by atoms with E-state index < -0.39 is 5.97 Å². The Morgan fingerprint density at radius 1 is 1.14 bits per heavy atom. The summed E-state index contributed by atoms with van der Waals surface area (Å²) >= 11 is 1.27. The second-order valence-corrected chi connectivity index (χ2v) is 7.38. The van der Waals surface area contributed by atoms with Crippen molar-refractivity contribution in [1.82, 2.24) is 4.98 Å². The molecule has 8 heteroatoms. The smallest absolute Gasteiger partial charge is 0.342 e. The number of phenolic OH excluding ortho intramolecular Hbond substituents is 2. The van der Waals surface area contributed by atoms with Crippen molar-refractivity contribution in [2.75, 3.05) is 4.90 Å². The number of ether oxygens (including phenoxy) is 1. The molecule has 0 bridgehead atoms. The molecule has 0 fully saturated rings. The van der Waals surface area contributed by atoms with E-state index >= 15 is 0 Å². The summed E-state index contributed by atoms with van der Waals surface area (Å²) in [5.41, 5.74) is 3.21. The second-order valence-electron chi connectivity index (χ2n) is 6.54. The normalized spacial score (nSPS) is 10.6. The average Bonchev–Trinajstić information content (AvgIpc) is 3.10. The molecule has 2 N–H and O–H groups in total. The van der Waals surface area contributed by atoms with Crippen molar-refractivity contribution >= 4 is 34.0 Å². The maximum atomic E-state index is 12.3. The lowest BCUT2D eigenvalue weighted by molar-refractivity contribution is -0.115. The molecule has 0 saturated carbocycles. The summed E-state index contributed by atoms with van der Waals surface area (Å²) in [7, 11) is 0. The molecule has 7 nitrogen and oxygen atoms in total. The van der Waals surface area contributed by atoms with E-state index in [9.17, 15) is 19.8 Å². The van der Waals surface area contributed by atoms with Gasteiger partial charge in [-0.05, 0) is 37.6 Å². The van der Waals surface area contributed by atoms with Crippen LogP contribution in [0.4, 0.5) is 10.8 Å². The molecule has 0 saturated heterocycles. The lowest BCUT2D eigenvalue weighted by Crippen LogP contribution is -2.23. The van der Waals surface area contributed by atoms with Gasteiger partial charge < -0.3 is 14.9 Å². The van der Waals surface area contributed by atoms with Crippen LogP contribution in [-0.4, -0.2) is 27.1 Å². The Balaban J connectivity index is 1.76. The van der Waals surface area contributed by atoms with Crippen molar-refractivity contribution < 1.29 is 24.5 Å². The summed E-state index contributed by atoms with van der Waals surface area (Å²) < 4.78 is 5.19. The fourth-order valence-electron chi connectivity index (χ4n) is 2.84. The van der Waals surface area contributed by atoms with Crippen LogP contribution in [0.3, 0.4) is 0 Å². The standard InChI is InChI=1S/C21H20N2O5S/c1-12-4-7-18(13(2)8-12)23(14(3)24)21-22-15(11-29-21)10-28-20(27)17-6-5-16(25)9-19(17)26/h4-9,11,25-26H,10H2,1-3H3. The maximum absolute atomic E-state index is 12.3. The average molecular weight is 412 g/mol. The summed E-state index contributed by atoms with van der Waals surface area (Å²) in [5, 5.41) is 21.2. The van der Waals surface area contributed by atoms with Gasteiger partial charge in [0.1, 0.15) is 23.7 Å². The fourth-order valence-corrected chi connectivity index (χ4v) is 3.70. The van der Waals surface area contributed by atoms with E-state index in [0.717, 1.165) is 22.9 Å². The largest absolute Gasteiger partial charge is 0.508 e. The Labute approximate surface area is 171 Å². The number of benzene rings is 2. The third-order valence-corrected chi connectivity index (χ3v) is 5.07. The van der Waals surface area contributed by atoms with Crippen LogP contribution in [0.1, 0.15) is 34.1 Å². The van der Waals surface area contributed by atoms with Crippen LogP contribution in [0.2, 0.25) is 0 Å². The summed E-state index contributed by atoms with van der Waals surface area (Å²) in [4.78, 5) is 30.4. The molecule has 0 radical (unpaired) electrons. The number of rotatable bonds is 5. The second kappa shape index (κ2) is 8.32. The fraction of sp³-hybridized carbons (Fsp3) is 0.190. The molecule has 0 unspecified atom stereocenters. The first-order valence-corrected chi connectivity index (χ1v) is 9.65. The third-order valence-electron chi connectivity index (χ3n) is 4.19. The molecule has 29 heavy (non-hydrogen) atoms. The first-order chi connectivity index (χ1) is 13.8. The van der Waals surface area contributed by atoms with Crippen molar-refractivity contribution in [3.05, 3.63) is 64.2 Å². The molecule has 0 aliphatic carbocycles. The molecule has 0 spiro atoms. The molecular weight excluding hydrogens is 392 g/mol. The molecule has 1 aromatic heterocycles. The zero-order valence-electron chi connectivity index (χ0n) is 16.2. The van der Waals surface area contributed by atoms with Crippen LogP contribution in [0.25, 0.3) is 0 Å². The minimum atomic E-state index is -0.741. The van der Waals surface area contributed by atoms with Gasteiger partial charge in [0.15, 0.2) is 5.13 Å². The first kappa shape index (κ1) is 20.3. The predicted octanol–water partition coefficient (Wildman–Crippen LogP) is 4.21. The van der Waals surface area contributed by atoms with E-state index in [0.29, 0.717) is 10.8 Å². The van der Waals surface area contributed by atoms with Crippen LogP contribution in [0, 0.1) is 13.8 Å². The number of hydrogen-bond donors (Lipinski definition) is 2. The number of aromatic nitrogens is 1. The van der Waals surface area contributed by atoms with E-state index in [-0.39, 0.29) is 29.6 Å². The first-order valence-electron chi connectivity index (χ1n) is 8.77. The number of carbonyl (C=O) groups is 2. The molecule has 1 amide bonds. The number of carbonyl (C=O) groups excluding carboxylic acids is 2. The monoisotopic (exact) mass is 412 g/mol. The predicted molar refractivity (Wildman–Crippen MR) is 110 cm³/mol. The van der Waals surface area contributed by atoms with E-state index in [4.69, 9.17) is 4.74 Å². The number of nitrogens with zero attached hydrogens (tertiary/aromatic N) is 2. The zero-order chi connectivity index (χ0) is 21.1. The summed E-state index contributed by atoms with van der Waals surface area (Å²) in [6.45, 7) is 5.26. The summed E-state index contributed by atoms with van der Waals surface area (Å²) in [5.74, 6) is -1.44. The molecule has 0 aliphatic rings. The third kappa shape index (κ3) is 4.55. The minimum absolute atomic E-state index is 0.0566. The van der Waals surface area contributed by atoms with Crippen LogP contribution in [-0.2, 0) is 16.1 Å². The van der Waals surface area contributed by atoms with Gasteiger partial charge >= 0.3 is 5.97 Å². The Bertz CT molecular complexity index is 1080. The number of amides is 1. The van der Waals surface area contributed by atoms with Gasteiger partial charge in [-0.25, -0.2) is 9.78 Å². The van der Waals surface area contributed by atoms with Crippen molar-refractivity contribution in [1.29, 1.82) is 0 Å². The molecule has 0 atom stereocenters. The van der Waals surface area contributed by atoms with Crippen molar-refractivity contribution in [2.24, 2.45) is 0 Å². The lowest BCUT2D eigenvalue weighted by Gasteiger charge is -2.20. The number of phenols is 2. The van der Waals surface area contributed by atoms with E-state index in [1.54, 1.807) is 5.38 Å². The van der Waals surface area contributed by atoms with Crippen molar-refractivity contribution in [2.45, 2.75) is 27.4 Å². The number of aryl methyl sites for hydroxylation is 2. The van der Waals surface area contributed by atoms with Crippen LogP contribution < -0.4 is 4.90 Å². The number of thiazole rings is 1. The molecular formula is C21H20N2O5S. The minimum Gasteiger partial charge on any atom is -0.508 e. The number of anilines is 2. The highest BCUT2D eigenvalue weighted by Gasteiger charge is 2.20. The summed E-state index contributed by atoms with van der Waals surface area (Å²) in [6.07, 6.45) is 0. The van der Waals surface area contributed by atoms with Crippen LogP contribution >= 0.6 is 11.3 Å². The van der Waals surface area contributed by atoms with E-state index in [1.165, 1.54) is 35.3 Å². The zero-order valence-corrected chi connectivity index (χ0v) is 17.0. The van der Waals surface area contributed by atoms with Crippen molar-refractivity contribution in [3.63, 3.8) is 0 Å². The topological polar surface area (TPSA) is 100.0 Å². The van der Waals surface area contributed by atoms with Gasteiger partial charge in [0.25, 0.3) is 0 Å². The summed E-state index contributed by atoms with van der Waals surface area (Å²) in [6, 6.07) is 9.42. The molecule has 150 valence electrons. The van der Waals surface area contributed by atoms with Gasteiger partial charge in [0.05, 0.1) is 11.4 Å². The Morgan fingerprint density at radius 2 is 1.90 bits per heavy atom. The van der Waals surface area contributed by atoms with E-state index in [1.807, 2.05) is 32.0 Å². The molecule has 3 rings (SSSR count). The Kier molecular flexibility index (Phi) is 5.84. The maximum Gasteiger partial charge on any atom is 0.342 e. The van der Waals surface area contributed by atoms with Crippen LogP contribution in [0.15, 0.2) is 41.8 Å². The van der Waals surface area contributed by atoms with Gasteiger partial charge in [-0.2, -0.15) is 0 Å². The van der Waals surface area contributed by atoms with Gasteiger partial charge in [-0.3, -0.25) is 9.69 Å². The van der Waals surface area contributed by atoms with E-state index in [2.05, 4.69) is 4.98 Å². The molecule has 3 aromatic rings. The lowest BCUT2D eigenvalue weighted by atomic mass is 10.1. The molecule has 2 aromatic carbocycles. The van der Waals surface area contributed by atoms with Gasteiger partial charge in [0.2, 0.25) is 5.91 Å². The highest BCUT2D eigenvalue weighted by Crippen LogP contribution is 2.32. The molecule has 1 heterocycles. The van der Waals surface area contributed by atoms with Gasteiger partial charge in [-0.1, -0.05) is 17.7 Å². The van der Waals surface area contributed by atoms with Gasteiger partial charge in [-0.15, -0.1) is 11.3 Å². The number of esters is 1.